The molecule has 6 heteroatoms. The second kappa shape index (κ2) is 5.36. The summed E-state index contributed by atoms with van der Waals surface area (Å²) in [5.74, 6) is -0.392. The van der Waals surface area contributed by atoms with E-state index >= 15 is 0 Å². The summed E-state index contributed by atoms with van der Waals surface area (Å²) in [6.07, 6.45) is 0.301. The van der Waals surface area contributed by atoms with Gasteiger partial charge >= 0.3 is 0 Å². The van der Waals surface area contributed by atoms with Crippen molar-refractivity contribution in [1.82, 2.24) is 14.9 Å². The van der Waals surface area contributed by atoms with Crippen LogP contribution in [-0.2, 0) is 11.3 Å². The highest BCUT2D eigenvalue weighted by molar-refractivity contribution is 7.71. The van der Waals surface area contributed by atoms with Crippen LogP contribution in [0.3, 0.4) is 0 Å². The maximum Gasteiger partial charge on any atom is 0.222 e. The number of carbonyl (C=O) groups excluding carboxylic acids is 1. The number of imidazole rings is 1. The minimum atomic E-state index is -0.341. The maximum absolute atomic E-state index is 13.6. The highest BCUT2D eigenvalue weighted by Crippen LogP contribution is 2.17. The second-order valence-electron chi connectivity index (χ2n) is 5.76. The maximum atomic E-state index is 13.6. The predicted octanol–water partition coefficient (Wildman–Crippen LogP) is 3.14. The van der Waals surface area contributed by atoms with Crippen LogP contribution in [0.5, 0.6) is 0 Å². The van der Waals surface area contributed by atoms with Gasteiger partial charge < -0.3 is 14.9 Å². The van der Waals surface area contributed by atoms with Gasteiger partial charge in [-0.15, -0.1) is 0 Å². The first-order chi connectivity index (χ1) is 9.28. The molecule has 108 valence electrons. The Kier molecular flexibility index (Phi) is 3.94. The normalized spacial score (nSPS) is 11.8. The molecular weight excluding hydrogens is 277 g/mol. The molecule has 1 heterocycles. The molecule has 4 nitrogen and oxygen atoms in total. The lowest BCUT2D eigenvalue weighted by atomic mass is 10.1. The van der Waals surface area contributed by atoms with Crippen LogP contribution in [-0.4, -0.2) is 21.0 Å². The second-order valence-corrected chi connectivity index (χ2v) is 6.15. The van der Waals surface area contributed by atoms with Crippen LogP contribution < -0.4 is 5.32 Å². The first-order valence-electron chi connectivity index (χ1n) is 6.46. The summed E-state index contributed by atoms with van der Waals surface area (Å²) < 4.78 is 15.8. The molecule has 0 radical (unpaired) electrons. The Morgan fingerprint density at radius 3 is 2.80 bits per heavy atom. The number of amides is 1. The quantitative estimate of drug-likeness (QED) is 0.855. The number of rotatable bonds is 3. The third kappa shape index (κ3) is 3.25. The van der Waals surface area contributed by atoms with Crippen molar-refractivity contribution >= 4 is 29.2 Å². The Hall–Kier alpha value is -1.69. The number of nitrogens with zero attached hydrogens (tertiary/aromatic N) is 1. The molecule has 0 aliphatic heterocycles. The van der Waals surface area contributed by atoms with Crippen LogP contribution >= 0.6 is 12.2 Å². The minimum Gasteiger partial charge on any atom is -0.351 e. The van der Waals surface area contributed by atoms with Gasteiger partial charge in [0.1, 0.15) is 11.3 Å². The Morgan fingerprint density at radius 2 is 2.15 bits per heavy atom. The smallest absolute Gasteiger partial charge is 0.222 e. The summed E-state index contributed by atoms with van der Waals surface area (Å²) in [4.78, 5) is 14.7. The third-order valence-electron chi connectivity index (χ3n) is 2.84. The molecule has 0 saturated heterocycles. The number of nitrogens with one attached hydrogen (secondary N) is 2. The standard InChI is InChI=1S/C14H18FN3OS/c1-14(2,3)17-11(19)7-8-18-10-6-4-5-9(15)12(10)16-13(18)20/h4-6H,7-8H2,1-3H3,(H,16,20)(H,17,19). The van der Waals surface area contributed by atoms with Crippen LogP contribution in [0.1, 0.15) is 27.2 Å². The largest absolute Gasteiger partial charge is 0.351 e. The summed E-state index contributed by atoms with van der Waals surface area (Å²) in [5.41, 5.74) is 0.803. The number of hydrogen-bond donors (Lipinski definition) is 2. The van der Waals surface area contributed by atoms with Crippen molar-refractivity contribution < 1.29 is 9.18 Å². The number of hydrogen-bond acceptors (Lipinski definition) is 2. The average molecular weight is 295 g/mol. The lowest BCUT2D eigenvalue weighted by Crippen LogP contribution is -2.40. The van der Waals surface area contributed by atoms with Gasteiger partial charge in [-0.05, 0) is 45.1 Å². The number of carbonyl (C=O) groups is 1. The van der Waals surface area contributed by atoms with Crippen LogP contribution in [0.2, 0.25) is 0 Å². The number of H-pyrrole nitrogens is 1. The Labute approximate surface area is 122 Å². The molecular formula is C14H18FN3OS. The predicted molar refractivity (Wildman–Crippen MR) is 79.6 cm³/mol. The summed E-state index contributed by atoms with van der Waals surface area (Å²) in [5, 5.41) is 2.89. The molecule has 0 unspecified atom stereocenters. The van der Waals surface area contributed by atoms with Crippen LogP contribution in [0.25, 0.3) is 11.0 Å². The van der Waals surface area contributed by atoms with E-state index in [2.05, 4.69) is 10.3 Å². The summed E-state index contributed by atoms with van der Waals surface area (Å²) in [6.45, 7) is 6.21. The molecule has 0 aliphatic carbocycles. The van der Waals surface area contributed by atoms with E-state index in [1.807, 2.05) is 20.8 Å². The van der Waals surface area contributed by atoms with Crippen molar-refractivity contribution in [2.75, 3.05) is 0 Å². The zero-order valence-corrected chi connectivity index (χ0v) is 12.6. The first-order valence-corrected chi connectivity index (χ1v) is 6.87. The van der Waals surface area contributed by atoms with Gasteiger partial charge in [0.15, 0.2) is 4.77 Å². The lowest BCUT2D eigenvalue weighted by molar-refractivity contribution is -0.122. The van der Waals surface area contributed by atoms with E-state index in [0.29, 0.717) is 28.8 Å². The van der Waals surface area contributed by atoms with Crippen LogP contribution in [0.15, 0.2) is 18.2 Å². The number of fused-ring (bicyclic) bond motifs is 1. The number of halogens is 1. The van der Waals surface area contributed by atoms with Crippen molar-refractivity contribution in [1.29, 1.82) is 0 Å². The molecule has 2 aromatic rings. The molecule has 0 aliphatic rings. The van der Waals surface area contributed by atoms with Crippen molar-refractivity contribution in [3.05, 3.63) is 28.8 Å². The topological polar surface area (TPSA) is 49.8 Å². The van der Waals surface area contributed by atoms with Gasteiger partial charge in [0.2, 0.25) is 5.91 Å². The van der Waals surface area contributed by atoms with Gasteiger partial charge in [-0.25, -0.2) is 4.39 Å². The fourth-order valence-corrected chi connectivity index (χ4v) is 2.35. The monoisotopic (exact) mass is 295 g/mol. The Morgan fingerprint density at radius 1 is 1.45 bits per heavy atom. The van der Waals surface area contributed by atoms with E-state index in [-0.39, 0.29) is 17.3 Å². The van der Waals surface area contributed by atoms with E-state index in [1.165, 1.54) is 6.07 Å². The van der Waals surface area contributed by atoms with E-state index in [4.69, 9.17) is 12.2 Å². The summed E-state index contributed by atoms with van der Waals surface area (Å²) in [6, 6.07) is 4.79. The fourth-order valence-electron chi connectivity index (χ4n) is 2.06. The number of para-hydroxylation sites is 1. The molecule has 2 rings (SSSR count). The molecule has 0 saturated carbocycles. The molecule has 0 spiro atoms. The molecule has 0 fully saturated rings. The van der Waals surface area contributed by atoms with Gasteiger partial charge in [-0.1, -0.05) is 6.07 Å². The fraction of sp³-hybridized carbons (Fsp3) is 0.429. The SMILES string of the molecule is CC(C)(C)NC(=O)CCn1c(=S)[nH]c2c(F)cccc21. The molecule has 2 N–H and O–H groups in total. The first kappa shape index (κ1) is 14.7. The van der Waals surface area contributed by atoms with E-state index in [1.54, 1.807) is 16.7 Å². The van der Waals surface area contributed by atoms with Crippen molar-refractivity contribution in [2.24, 2.45) is 0 Å². The number of aromatic amines is 1. The summed E-state index contributed by atoms with van der Waals surface area (Å²) >= 11 is 5.18. The van der Waals surface area contributed by atoms with Crippen molar-refractivity contribution in [3.63, 3.8) is 0 Å². The van der Waals surface area contributed by atoms with Crippen LogP contribution in [0, 0.1) is 10.6 Å². The van der Waals surface area contributed by atoms with Crippen LogP contribution in [0.4, 0.5) is 4.39 Å². The van der Waals surface area contributed by atoms with Gasteiger partial charge in [-0.2, -0.15) is 0 Å². The molecule has 1 aromatic carbocycles. The molecule has 1 amide bonds. The zero-order valence-electron chi connectivity index (χ0n) is 11.8. The molecule has 0 bridgehead atoms. The van der Waals surface area contributed by atoms with E-state index < -0.39 is 0 Å². The average Bonchev–Trinajstić information content (AvgIpc) is 2.62. The van der Waals surface area contributed by atoms with E-state index in [9.17, 15) is 9.18 Å². The van der Waals surface area contributed by atoms with Gasteiger partial charge in [-0.3, -0.25) is 4.79 Å². The molecule has 1 aromatic heterocycles. The third-order valence-corrected chi connectivity index (χ3v) is 3.16. The van der Waals surface area contributed by atoms with Gasteiger partial charge in [0, 0.05) is 18.5 Å². The highest BCUT2D eigenvalue weighted by atomic mass is 32.1. The number of aromatic nitrogens is 2. The van der Waals surface area contributed by atoms with Gasteiger partial charge in [0.05, 0.1) is 5.52 Å². The van der Waals surface area contributed by atoms with Crippen molar-refractivity contribution in [3.8, 4) is 0 Å². The number of benzene rings is 1. The minimum absolute atomic E-state index is 0.0508. The summed E-state index contributed by atoms with van der Waals surface area (Å²) in [7, 11) is 0. The zero-order chi connectivity index (χ0) is 14.9. The lowest BCUT2D eigenvalue weighted by Gasteiger charge is -2.20. The molecule has 0 atom stereocenters. The highest BCUT2D eigenvalue weighted by Gasteiger charge is 2.14. The Bertz CT molecular complexity index is 696. The van der Waals surface area contributed by atoms with Crippen molar-refractivity contribution in [2.45, 2.75) is 39.3 Å². The Balaban J connectivity index is 2.19. The van der Waals surface area contributed by atoms with Gasteiger partial charge in [0.25, 0.3) is 0 Å². The van der Waals surface area contributed by atoms with E-state index in [0.717, 1.165) is 0 Å². The molecule has 20 heavy (non-hydrogen) atoms. The number of aryl methyl sites for hydroxylation is 1.